The summed E-state index contributed by atoms with van der Waals surface area (Å²) in [6.45, 7) is 8.72. The highest BCUT2D eigenvalue weighted by Gasteiger charge is 2.53. The van der Waals surface area contributed by atoms with E-state index < -0.39 is 20.4 Å². The molecule has 0 spiro atoms. The molecule has 0 amide bonds. The van der Waals surface area contributed by atoms with Crippen molar-refractivity contribution in [3.05, 3.63) is 35.9 Å². The van der Waals surface area contributed by atoms with Gasteiger partial charge in [-0.2, -0.15) is 0 Å². The van der Waals surface area contributed by atoms with Crippen LogP contribution in [0.5, 0.6) is 0 Å². The molecule has 1 aromatic rings. The third-order valence-corrected chi connectivity index (χ3v) is 7.34. The number of aliphatic hydroxyl groups excluding tert-OH is 1. The summed E-state index contributed by atoms with van der Waals surface area (Å²) >= 11 is 0. The van der Waals surface area contributed by atoms with Crippen LogP contribution >= 0.6 is 0 Å². The Kier molecular flexibility index (Phi) is 8.65. The van der Waals surface area contributed by atoms with Crippen molar-refractivity contribution >= 4 is 14.6 Å². The van der Waals surface area contributed by atoms with Crippen LogP contribution in [0.2, 0.25) is 5.54 Å². The van der Waals surface area contributed by atoms with Crippen LogP contribution in [0.4, 0.5) is 0 Å². The molecule has 0 aromatic heterocycles. The second kappa shape index (κ2) is 9.95. The van der Waals surface area contributed by atoms with Gasteiger partial charge in [-0.25, -0.2) is 0 Å². The van der Waals surface area contributed by atoms with Crippen molar-refractivity contribution < 1.29 is 23.2 Å². The third kappa shape index (κ3) is 4.96. The molecular weight excluding hydrogens is 312 g/mol. The van der Waals surface area contributed by atoms with Crippen molar-refractivity contribution in [1.29, 1.82) is 0 Å². The highest BCUT2D eigenvalue weighted by atomic mass is 28.4. The molecule has 1 aromatic carbocycles. The van der Waals surface area contributed by atoms with Crippen LogP contribution < -0.4 is 0 Å². The Balaban J connectivity index is 3.11. The Morgan fingerprint density at radius 3 is 1.87 bits per heavy atom. The number of carbonyl (C=O) groups excluding carboxylic acids is 1. The number of ketones is 1. The summed E-state index contributed by atoms with van der Waals surface area (Å²) in [5, 5.41) is 10.7. The molecule has 23 heavy (non-hydrogen) atoms. The standard InChI is InChI=1S/C17H28O5Si/c1-5-15(23(20-6-2,21-7-3)22-8-4)17(19)16(18)14-12-10-9-11-13-14/h9-13,15,17,19H,5-8H2,1-4H3. The van der Waals surface area contributed by atoms with Gasteiger partial charge in [-0.05, 0) is 27.2 Å². The summed E-state index contributed by atoms with van der Waals surface area (Å²) in [5.41, 5.74) is -0.0131. The van der Waals surface area contributed by atoms with Gasteiger partial charge in [-0.15, -0.1) is 0 Å². The summed E-state index contributed by atoms with van der Waals surface area (Å²) < 4.78 is 17.6. The van der Waals surface area contributed by atoms with Gasteiger partial charge in [0, 0.05) is 25.4 Å². The molecule has 130 valence electrons. The average Bonchev–Trinajstić information content (AvgIpc) is 2.56. The van der Waals surface area contributed by atoms with E-state index in [2.05, 4.69) is 0 Å². The minimum absolute atomic E-state index is 0.326. The molecule has 5 nitrogen and oxygen atoms in total. The maximum absolute atomic E-state index is 12.6. The van der Waals surface area contributed by atoms with E-state index in [9.17, 15) is 9.90 Å². The van der Waals surface area contributed by atoms with E-state index in [1.807, 2.05) is 33.8 Å². The molecule has 1 N–H and O–H groups in total. The van der Waals surface area contributed by atoms with Gasteiger partial charge in [-0.1, -0.05) is 37.3 Å². The molecule has 0 aliphatic rings. The fourth-order valence-corrected chi connectivity index (χ4v) is 5.81. The predicted octanol–water partition coefficient (Wildman–Crippen LogP) is 3.06. The molecule has 2 unspecified atom stereocenters. The van der Waals surface area contributed by atoms with Gasteiger partial charge < -0.3 is 18.4 Å². The minimum atomic E-state index is -3.15. The van der Waals surface area contributed by atoms with Gasteiger partial charge in [0.1, 0.15) is 6.10 Å². The zero-order chi connectivity index (χ0) is 17.3. The Morgan fingerprint density at radius 1 is 1.00 bits per heavy atom. The van der Waals surface area contributed by atoms with E-state index in [0.717, 1.165) is 0 Å². The molecule has 2 atom stereocenters. The van der Waals surface area contributed by atoms with Gasteiger partial charge >= 0.3 is 8.80 Å². The van der Waals surface area contributed by atoms with E-state index in [4.69, 9.17) is 13.3 Å². The first kappa shape index (κ1) is 20.0. The molecule has 0 saturated carbocycles. The summed E-state index contributed by atoms with van der Waals surface area (Å²) in [7, 11) is -3.15. The van der Waals surface area contributed by atoms with Crippen molar-refractivity contribution in [2.24, 2.45) is 0 Å². The summed E-state index contributed by atoms with van der Waals surface area (Å²) in [4.78, 5) is 12.6. The highest BCUT2D eigenvalue weighted by Crippen LogP contribution is 2.33. The van der Waals surface area contributed by atoms with Gasteiger partial charge in [-0.3, -0.25) is 4.79 Å². The van der Waals surface area contributed by atoms with Crippen LogP contribution in [0.15, 0.2) is 30.3 Å². The Hall–Kier alpha value is -1.05. The van der Waals surface area contributed by atoms with Crippen LogP contribution in [-0.2, 0) is 13.3 Å². The van der Waals surface area contributed by atoms with Crippen LogP contribution in [0.3, 0.4) is 0 Å². The highest BCUT2D eigenvalue weighted by molar-refractivity contribution is 6.63. The lowest BCUT2D eigenvalue weighted by molar-refractivity contribution is 0.0324. The van der Waals surface area contributed by atoms with Gasteiger partial charge in [0.15, 0.2) is 5.78 Å². The normalized spacial score (nSPS) is 14.5. The fourth-order valence-electron chi connectivity index (χ4n) is 2.67. The topological polar surface area (TPSA) is 65.0 Å². The molecule has 1 rings (SSSR count). The lowest BCUT2D eigenvalue weighted by atomic mass is 10.0. The van der Waals surface area contributed by atoms with Gasteiger partial charge in [0.2, 0.25) is 0 Å². The van der Waals surface area contributed by atoms with Crippen LogP contribution in [-0.4, -0.2) is 45.6 Å². The predicted molar refractivity (Wildman–Crippen MR) is 91.5 cm³/mol. The van der Waals surface area contributed by atoms with Crippen molar-refractivity contribution in [1.82, 2.24) is 0 Å². The second-order valence-corrected chi connectivity index (χ2v) is 7.91. The number of rotatable bonds is 11. The zero-order valence-corrected chi connectivity index (χ0v) is 15.5. The molecule has 0 bridgehead atoms. The lowest BCUT2D eigenvalue weighted by Crippen LogP contribution is -2.55. The van der Waals surface area contributed by atoms with E-state index in [1.165, 1.54) is 0 Å². The molecular formula is C17H28O5Si. The zero-order valence-electron chi connectivity index (χ0n) is 14.5. The van der Waals surface area contributed by atoms with Gasteiger partial charge in [0.05, 0.1) is 5.54 Å². The third-order valence-electron chi connectivity index (χ3n) is 3.64. The number of hydrogen-bond donors (Lipinski definition) is 1. The molecule has 0 heterocycles. The van der Waals surface area contributed by atoms with Crippen molar-refractivity contribution in [2.75, 3.05) is 19.8 Å². The number of aliphatic hydroxyl groups is 1. The first-order chi connectivity index (χ1) is 11.1. The maximum atomic E-state index is 12.6. The van der Waals surface area contributed by atoms with Crippen LogP contribution in [0.1, 0.15) is 44.5 Å². The fraction of sp³-hybridized carbons (Fsp3) is 0.588. The quantitative estimate of drug-likeness (QED) is 0.495. The molecule has 0 fully saturated rings. The number of carbonyl (C=O) groups is 1. The van der Waals surface area contributed by atoms with Crippen molar-refractivity contribution in [2.45, 2.75) is 45.8 Å². The molecule has 0 saturated heterocycles. The number of Topliss-reactive ketones (excluding diaryl/α,β-unsaturated/α-hetero) is 1. The van der Waals surface area contributed by atoms with Gasteiger partial charge in [0.25, 0.3) is 0 Å². The molecule has 6 heteroatoms. The van der Waals surface area contributed by atoms with Crippen molar-refractivity contribution in [3.63, 3.8) is 0 Å². The minimum Gasteiger partial charge on any atom is -0.385 e. The smallest absolute Gasteiger partial charge is 0.385 e. The van der Waals surface area contributed by atoms with Crippen LogP contribution in [0.25, 0.3) is 0 Å². The largest absolute Gasteiger partial charge is 0.507 e. The van der Waals surface area contributed by atoms with Crippen molar-refractivity contribution in [3.8, 4) is 0 Å². The first-order valence-corrected chi connectivity index (χ1v) is 10.1. The Bertz CT molecular complexity index is 448. The number of benzene rings is 1. The maximum Gasteiger partial charge on any atom is 0.507 e. The van der Waals surface area contributed by atoms with E-state index >= 15 is 0 Å². The molecule has 0 aliphatic heterocycles. The van der Waals surface area contributed by atoms with Crippen LogP contribution in [0, 0.1) is 0 Å². The van der Waals surface area contributed by atoms with E-state index in [1.54, 1.807) is 24.3 Å². The summed E-state index contributed by atoms with van der Waals surface area (Å²) in [5.74, 6) is -0.326. The van der Waals surface area contributed by atoms with E-state index in [-0.39, 0.29) is 5.78 Å². The monoisotopic (exact) mass is 340 g/mol. The summed E-state index contributed by atoms with van der Waals surface area (Å²) in [6, 6.07) is 8.78. The second-order valence-electron chi connectivity index (χ2n) is 5.09. The first-order valence-electron chi connectivity index (χ1n) is 8.25. The van der Waals surface area contributed by atoms with E-state index in [0.29, 0.717) is 31.8 Å². The molecule has 0 radical (unpaired) electrons. The SMILES string of the molecule is CCO[Si](OCC)(OCC)C(CC)C(O)C(=O)c1ccccc1. The number of hydrogen-bond acceptors (Lipinski definition) is 5. The Morgan fingerprint density at radius 2 is 1.48 bits per heavy atom. The lowest BCUT2D eigenvalue weighted by Gasteiger charge is -2.36. The molecule has 0 aliphatic carbocycles. The average molecular weight is 340 g/mol. The Labute approximate surface area is 139 Å². The summed E-state index contributed by atoms with van der Waals surface area (Å²) in [6.07, 6.45) is -0.676.